The van der Waals surface area contributed by atoms with Gasteiger partial charge in [0.25, 0.3) is 0 Å². The van der Waals surface area contributed by atoms with Gasteiger partial charge in [-0.3, -0.25) is 4.79 Å². The average Bonchev–Trinajstić information content (AvgIpc) is 3.33. The molecule has 1 heterocycles. The molecule has 2 aromatic rings. The van der Waals surface area contributed by atoms with E-state index in [0.29, 0.717) is 41.8 Å². The Morgan fingerprint density at radius 3 is 2.21 bits per heavy atom. The molecule has 29 heavy (non-hydrogen) atoms. The molecule has 1 aliphatic heterocycles. The van der Waals surface area contributed by atoms with Crippen LogP contribution in [0.4, 0.5) is 0 Å². The molecule has 0 saturated heterocycles. The number of ketones is 1. The van der Waals surface area contributed by atoms with Gasteiger partial charge in [0, 0.05) is 18.8 Å². The fraction of sp³-hybridized carbons (Fsp3) is 0.435. The van der Waals surface area contributed by atoms with Crippen molar-refractivity contribution in [2.75, 3.05) is 28.1 Å². The third-order valence-corrected chi connectivity index (χ3v) is 6.48. The molecule has 1 saturated carbocycles. The first kappa shape index (κ1) is 18.2. The molecule has 1 fully saturated rings. The number of hydrogen-bond donors (Lipinski definition) is 0. The van der Waals surface area contributed by atoms with Crippen LogP contribution >= 0.6 is 0 Å². The summed E-state index contributed by atoms with van der Waals surface area (Å²) in [6, 6.07) is 8.18. The Kier molecular flexibility index (Phi) is 4.30. The molecule has 6 nitrogen and oxygen atoms in total. The predicted octanol–water partition coefficient (Wildman–Crippen LogP) is 3.72. The molecule has 0 spiro atoms. The van der Waals surface area contributed by atoms with Crippen LogP contribution in [0.1, 0.15) is 35.4 Å². The van der Waals surface area contributed by atoms with Gasteiger partial charge in [-0.05, 0) is 59.2 Å². The van der Waals surface area contributed by atoms with Gasteiger partial charge in [0.1, 0.15) is 5.78 Å². The monoisotopic (exact) mass is 396 g/mol. The van der Waals surface area contributed by atoms with Crippen molar-refractivity contribution in [3.8, 4) is 28.7 Å². The minimum absolute atomic E-state index is 0.0541. The largest absolute Gasteiger partial charge is 0.493 e. The standard InChI is InChI=1S/C23H24O6/c1-25-20-7-14(8-21(26-2)23(20)27-3)22-16-9-15(24)5-12(16)4-13-6-18-19(10-17(13)22)29-11-28-18/h6-8,10,12,16,22H,4-5,9,11H2,1-3H3/t12-,16-,22-/m0/s1. The van der Waals surface area contributed by atoms with E-state index in [0.717, 1.165) is 23.5 Å². The Labute approximate surface area is 169 Å². The Morgan fingerprint density at radius 2 is 1.55 bits per heavy atom. The molecule has 0 bridgehead atoms. The molecule has 152 valence electrons. The van der Waals surface area contributed by atoms with E-state index in [-0.39, 0.29) is 18.6 Å². The maximum Gasteiger partial charge on any atom is 0.231 e. The van der Waals surface area contributed by atoms with Crippen molar-refractivity contribution >= 4 is 5.78 Å². The number of benzene rings is 2. The summed E-state index contributed by atoms with van der Waals surface area (Å²) in [5, 5.41) is 0. The van der Waals surface area contributed by atoms with E-state index in [9.17, 15) is 4.79 Å². The van der Waals surface area contributed by atoms with E-state index in [2.05, 4.69) is 12.1 Å². The summed E-state index contributed by atoms with van der Waals surface area (Å²) in [5.41, 5.74) is 3.48. The van der Waals surface area contributed by atoms with Gasteiger partial charge < -0.3 is 23.7 Å². The number of methoxy groups -OCH3 is 3. The van der Waals surface area contributed by atoms with Gasteiger partial charge >= 0.3 is 0 Å². The molecular formula is C23H24O6. The Balaban J connectivity index is 1.69. The first-order chi connectivity index (χ1) is 14.1. The van der Waals surface area contributed by atoms with Crippen LogP contribution in [-0.4, -0.2) is 33.9 Å². The summed E-state index contributed by atoms with van der Waals surface area (Å²) >= 11 is 0. The first-order valence-electron chi connectivity index (χ1n) is 9.87. The Morgan fingerprint density at radius 1 is 0.862 bits per heavy atom. The maximum absolute atomic E-state index is 12.4. The van der Waals surface area contributed by atoms with Crippen LogP contribution in [0.3, 0.4) is 0 Å². The van der Waals surface area contributed by atoms with Crippen LogP contribution in [0, 0.1) is 11.8 Å². The number of fused-ring (bicyclic) bond motifs is 3. The van der Waals surface area contributed by atoms with Crippen molar-refractivity contribution in [3.05, 3.63) is 41.0 Å². The highest BCUT2D eigenvalue weighted by atomic mass is 16.7. The van der Waals surface area contributed by atoms with Crippen molar-refractivity contribution in [2.45, 2.75) is 25.2 Å². The van der Waals surface area contributed by atoms with E-state index in [1.807, 2.05) is 12.1 Å². The molecule has 3 atom stereocenters. The van der Waals surface area contributed by atoms with E-state index in [4.69, 9.17) is 23.7 Å². The number of hydrogen-bond acceptors (Lipinski definition) is 6. The van der Waals surface area contributed by atoms with Crippen molar-refractivity contribution in [3.63, 3.8) is 0 Å². The zero-order valence-corrected chi connectivity index (χ0v) is 16.8. The Bertz CT molecular complexity index is 957. The van der Waals surface area contributed by atoms with Gasteiger partial charge in [-0.1, -0.05) is 0 Å². The summed E-state index contributed by atoms with van der Waals surface area (Å²) in [4.78, 5) is 12.4. The molecule has 2 aliphatic carbocycles. The highest BCUT2D eigenvalue weighted by molar-refractivity contribution is 5.82. The number of ether oxygens (including phenoxy) is 5. The highest BCUT2D eigenvalue weighted by Crippen LogP contribution is 2.54. The molecule has 0 radical (unpaired) electrons. The van der Waals surface area contributed by atoms with Gasteiger partial charge in [0.05, 0.1) is 21.3 Å². The van der Waals surface area contributed by atoms with Crippen molar-refractivity contribution < 1.29 is 28.5 Å². The second-order valence-electron chi connectivity index (χ2n) is 7.92. The highest BCUT2D eigenvalue weighted by Gasteiger charge is 2.44. The molecule has 3 aliphatic rings. The average molecular weight is 396 g/mol. The van der Waals surface area contributed by atoms with Gasteiger partial charge in [-0.2, -0.15) is 0 Å². The topological polar surface area (TPSA) is 63.2 Å². The lowest BCUT2D eigenvalue weighted by Gasteiger charge is -2.36. The molecule has 0 aromatic heterocycles. The third kappa shape index (κ3) is 2.81. The molecule has 2 aromatic carbocycles. The normalized spacial score (nSPS) is 24.1. The van der Waals surface area contributed by atoms with Crippen LogP contribution in [-0.2, 0) is 11.2 Å². The van der Waals surface area contributed by atoms with Crippen LogP contribution in [0.15, 0.2) is 24.3 Å². The number of Topliss-reactive ketones (excluding diaryl/α,β-unsaturated/α-hetero) is 1. The SMILES string of the molecule is COc1cc([C@@H]2c3cc4c(cc3C[C@H]3CC(=O)C[C@@H]32)OCO4)cc(OC)c1OC. The van der Waals surface area contributed by atoms with E-state index >= 15 is 0 Å². The summed E-state index contributed by atoms with van der Waals surface area (Å²) in [6.45, 7) is 0.248. The summed E-state index contributed by atoms with van der Waals surface area (Å²) < 4.78 is 27.9. The van der Waals surface area contributed by atoms with E-state index in [1.54, 1.807) is 21.3 Å². The quantitative estimate of drug-likeness (QED) is 0.785. The van der Waals surface area contributed by atoms with Gasteiger partial charge in [-0.15, -0.1) is 0 Å². The minimum atomic E-state index is 0.0541. The zero-order chi connectivity index (χ0) is 20.1. The molecule has 6 heteroatoms. The summed E-state index contributed by atoms with van der Waals surface area (Å²) in [7, 11) is 4.84. The van der Waals surface area contributed by atoms with Gasteiger partial charge in [-0.25, -0.2) is 0 Å². The molecule has 5 rings (SSSR count). The molecule has 0 unspecified atom stereocenters. The number of carbonyl (C=O) groups is 1. The lowest BCUT2D eigenvalue weighted by molar-refractivity contribution is -0.117. The van der Waals surface area contributed by atoms with Crippen molar-refractivity contribution in [2.24, 2.45) is 11.8 Å². The molecular weight excluding hydrogens is 372 g/mol. The summed E-state index contributed by atoms with van der Waals surface area (Å²) in [5.74, 6) is 4.34. The van der Waals surface area contributed by atoms with Gasteiger partial charge in [0.2, 0.25) is 12.5 Å². The van der Waals surface area contributed by atoms with Crippen molar-refractivity contribution in [1.82, 2.24) is 0 Å². The zero-order valence-electron chi connectivity index (χ0n) is 16.8. The summed E-state index contributed by atoms with van der Waals surface area (Å²) in [6.07, 6.45) is 2.13. The predicted molar refractivity (Wildman–Crippen MR) is 105 cm³/mol. The van der Waals surface area contributed by atoms with E-state index < -0.39 is 0 Å². The fourth-order valence-electron chi connectivity index (χ4n) is 5.26. The van der Waals surface area contributed by atoms with E-state index in [1.165, 1.54) is 11.1 Å². The van der Waals surface area contributed by atoms with Crippen LogP contribution in [0.25, 0.3) is 0 Å². The maximum atomic E-state index is 12.4. The lowest BCUT2D eigenvalue weighted by atomic mass is 9.67. The fourth-order valence-corrected chi connectivity index (χ4v) is 5.26. The van der Waals surface area contributed by atoms with Crippen LogP contribution in [0.2, 0.25) is 0 Å². The number of carbonyl (C=O) groups excluding carboxylic acids is 1. The Hall–Kier alpha value is -2.89. The third-order valence-electron chi connectivity index (χ3n) is 6.48. The number of rotatable bonds is 4. The second kappa shape index (κ2) is 6.87. The second-order valence-corrected chi connectivity index (χ2v) is 7.92. The first-order valence-corrected chi connectivity index (χ1v) is 9.87. The molecule has 0 amide bonds. The molecule has 0 N–H and O–H groups in total. The van der Waals surface area contributed by atoms with Crippen LogP contribution in [0.5, 0.6) is 28.7 Å². The smallest absolute Gasteiger partial charge is 0.231 e. The minimum Gasteiger partial charge on any atom is -0.493 e. The van der Waals surface area contributed by atoms with Crippen molar-refractivity contribution in [1.29, 1.82) is 0 Å². The lowest BCUT2D eigenvalue weighted by Crippen LogP contribution is -2.26. The van der Waals surface area contributed by atoms with Crippen LogP contribution < -0.4 is 23.7 Å². The van der Waals surface area contributed by atoms with Gasteiger partial charge in [0.15, 0.2) is 23.0 Å².